The molecule has 0 aromatic heterocycles. The van der Waals surface area contributed by atoms with Crippen LogP contribution in [0.3, 0.4) is 0 Å². The number of Topliss-reactive ketones (excluding diaryl/α,β-unsaturated/α-hetero) is 1. The van der Waals surface area contributed by atoms with Crippen LogP contribution in [0, 0.1) is 11.8 Å². The van der Waals surface area contributed by atoms with Gasteiger partial charge in [0.2, 0.25) is 0 Å². The number of ketones is 1. The van der Waals surface area contributed by atoms with E-state index < -0.39 is 0 Å². The van der Waals surface area contributed by atoms with Crippen molar-refractivity contribution in [1.29, 1.82) is 0 Å². The highest BCUT2D eigenvalue weighted by Crippen LogP contribution is 2.37. The van der Waals surface area contributed by atoms with Gasteiger partial charge in [-0.3, -0.25) is 9.69 Å². The van der Waals surface area contributed by atoms with Gasteiger partial charge in [-0.15, -0.1) is 0 Å². The number of hydrogen-bond acceptors (Lipinski definition) is 2. The van der Waals surface area contributed by atoms with Gasteiger partial charge in [-0.1, -0.05) is 19.3 Å². The lowest BCUT2D eigenvalue weighted by Gasteiger charge is -2.43. The summed E-state index contributed by atoms with van der Waals surface area (Å²) in [6.07, 6.45) is 10.0. The molecule has 0 amide bonds. The molecule has 2 heteroatoms. The lowest BCUT2D eigenvalue weighted by atomic mass is 9.75. The lowest BCUT2D eigenvalue weighted by Crippen LogP contribution is -2.46. The number of rotatable bonds is 1. The molecule has 2 nitrogen and oxygen atoms in total. The predicted octanol–water partition coefficient (Wildman–Crippen LogP) is 2.62. The van der Waals surface area contributed by atoms with Gasteiger partial charge in [0.15, 0.2) is 0 Å². The summed E-state index contributed by atoms with van der Waals surface area (Å²) in [5.74, 6) is 2.47. The van der Waals surface area contributed by atoms with E-state index in [0.717, 1.165) is 31.1 Å². The van der Waals surface area contributed by atoms with Crippen LogP contribution in [0.5, 0.6) is 0 Å². The van der Waals surface area contributed by atoms with Crippen molar-refractivity contribution in [3.63, 3.8) is 0 Å². The number of carbonyl (C=O) groups excluding carboxylic acids is 1. The molecule has 3 fully saturated rings. The number of piperidine rings is 1. The zero-order chi connectivity index (χ0) is 11.0. The van der Waals surface area contributed by atoms with Gasteiger partial charge in [-0.25, -0.2) is 0 Å². The van der Waals surface area contributed by atoms with Crippen molar-refractivity contribution in [3.05, 3.63) is 0 Å². The van der Waals surface area contributed by atoms with Crippen LogP contribution in [0.4, 0.5) is 0 Å². The Labute approximate surface area is 98.4 Å². The van der Waals surface area contributed by atoms with Crippen LogP contribution in [0.15, 0.2) is 0 Å². The molecular weight excluding hydrogens is 198 g/mol. The van der Waals surface area contributed by atoms with E-state index in [2.05, 4.69) is 4.90 Å². The second kappa shape index (κ2) is 4.48. The Kier molecular flexibility index (Phi) is 3.01. The molecule has 3 atom stereocenters. The second-order valence-electron chi connectivity index (χ2n) is 6.02. The maximum absolute atomic E-state index is 11.4. The third-order valence-electron chi connectivity index (χ3n) is 5.06. The zero-order valence-electron chi connectivity index (χ0n) is 10.2. The molecule has 0 aromatic rings. The fourth-order valence-corrected chi connectivity index (χ4v) is 4.07. The van der Waals surface area contributed by atoms with Crippen LogP contribution in [0.2, 0.25) is 0 Å². The molecule has 16 heavy (non-hydrogen) atoms. The fraction of sp³-hybridized carbons (Fsp3) is 0.929. The molecule has 1 saturated heterocycles. The van der Waals surface area contributed by atoms with E-state index in [-0.39, 0.29) is 0 Å². The van der Waals surface area contributed by atoms with E-state index in [1.165, 1.54) is 45.2 Å². The average molecular weight is 221 g/mol. The van der Waals surface area contributed by atoms with Gasteiger partial charge in [-0.05, 0) is 37.6 Å². The van der Waals surface area contributed by atoms with E-state index in [9.17, 15) is 4.79 Å². The summed E-state index contributed by atoms with van der Waals surface area (Å²) < 4.78 is 0. The van der Waals surface area contributed by atoms with Crippen molar-refractivity contribution in [3.8, 4) is 0 Å². The third-order valence-corrected chi connectivity index (χ3v) is 5.06. The molecule has 0 bridgehead atoms. The Morgan fingerprint density at radius 2 is 1.81 bits per heavy atom. The molecule has 0 N–H and O–H groups in total. The number of likely N-dealkylation sites (tertiary alicyclic amines) is 1. The largest absolute Gasteiger partial charge is 0.300 e. The minimum atomic E-state index is 0.496. The average Bonchev–Trinajstić information content (AvgIpc) is 2.75. The van der Waals surface area contributed by atoms with Gasteiger partial charge in [0.1, 0.15) is 5.78 Å². The van der Waals surface area contributed by atoms with Gasteiger partial charge in [0, 0.05) is 25.4 Å². The van der Waals surface area contributed by atoms with Crippen LogP contribution in [0.1, 0.15) is 51.4 Å². The topological polar surface area (TPSA) is 20.3 Å². The highest BCUT2D eigenvalue weighted by molar-refractivity contribution is 5.81. The Bertz CT molecular complexity index is 276. The van der Waals surface area contributed by atoms with Gasteiger partial charge < -0.3 is 0 Å². The third kappa shape index (κ3) is 2.04. The SMILES string of the molecule is O=C1CCC(N2CCC3CCCCC3C2)C1. The Hall–Kier alpha value is -0.370. The maximum atomic E-state index is 11.4. The molecule has 2 aliphatic carbocycles. The highest BCUT2D eigenvalue weighted by Gasteiger charge is 2.35. The Morgan fingerprint density at radius 1 is 1.00 bits per heavy atom. The first-order valence-electron chi connectivity index (χ1n) is 7.08. The summed E-state index contributed by atoms with van der Waals surface area (Å²) >= 11 is 0. The number of nitrogens with zero attached hydrogens (tertiary/aromatic N) is 1. The van der Waals surface area contributed by atoms with Crippen molar-refractivity contribution < 1.29 is 4.79 Å². The molecule has 3 unspecified atom stereocenters. The van der Waals surface area contributed by atoms with Crippen LogP contribution in [-0.2, 0) is 4.79 Å². The first kappa shape index (κ1) is 10.8. The second-order valence-corrected chi connectivity index (χ2v) is 6.02. The van der Waals surface area contributed by atoms with E-state index in [4.69, 9.17) is 0 Å². The summed E-state index contributed by atoms with van der Waals surface area (Å²) in [5, 5.41) is 0. The minimum Gasteiger partial charge on any atom is -0.300 e. The molecule has 3 rings (SSSR count). The molecule has 3 aliphatic rings. The van der Waals surface area contributed by atoms with Crippen molar-refractivity contribution in [2.45, 2.75) is 57.4 Å². The van der Waals surface area contributed by atoms with Gasteiger partial charge >= 0.3 is 0 Å². The summed E-state index contributed by atoms with van der Waals surface area (Å²) in [6.45, 7) is 2.56. The van der Waals surface area contributed by atoms with E-state index in [1.54, 1.807) is 0 Å². The standard InChI is InChI=1S/C14H23NO/c16-14-6-5-13(9-14)15-8-7-11-3-1-2-4-12(11)10-15/h11-13H,1-10H2. The van der Waals surface area contributed by atoms with Crippen LogP contribution < -0.4 is 0 Å². The van der Waals surface area contributed by atoms with Crippen LogP contribution in [0.25, 0.3) is 0 Å². The molecule has 1 aliphatic heterocycles. The Morgan fingerprint density at radius 3 is 2.56 bits per heavy atom. The Balaban J connectivity index is 1.60. The summed E-state index contributed by atoms with van der Waals surface area (Å²) in [6, 6.07) is 0.607. The fourth-order valence-electron chi connectivity index (χ4n) is 4.07. The number of fused-ring (bicyclic) bond motifs is 1. The normalized spacial score (nSPS) is 41.0. The molecule has 0 aromatic carbocycles. The first-order chi connectivity index (χ1) is 7.83. The van der Waals surface area contributed by atoms with Crippen LogP contribution >= 0.6 is 0 Å². The predicted molar refractivity (Wildman–Crippen MR) is 64.3 cm³/mol. The summed E-state index contributed by atoms with van der Waals surface area (Å²) in [7, 11) is 0. The van der Waals surface area contributed by atoms with Gasteiger partial charge in [0.25, 0.3) is 0 Å². The molecule has 90 valence electrons. The van der Waals surface area contributed by atoms with Gasteiger partial charge in [0.05, 0.1) is 0 Å². The smallest absolute Gasteiger partial charge is 0.134 e. The molecular formula is C14H23NO. The van der Waals surface area contributed by atoms with Crippen molar-refractivity contribution in [2.24, 2.45) is 11.8 Å². The maximum Gasteiger partial charge on any atom is 0.134 e. The first-order valence-corrected chi connectivity index (χ1v) is 7.08. The molecule has 2 saturated carbocycles. The highest BCUT2D eigenvalue weighted by atomic mass is 16.1. The van der Waals surface area contributed by atoms with E-state index in [0.29, 0.717) is 11.8 Å². The molecule has 1 heterocycles. The lowest BCUT2D eigenvalue weighted by molar-refractivity contribution is -0.117. The van der Waals surface area contributed by atoms with Crippen molar-refractivity contribution in [2.75, 3.05) is 13.1 Å². The van der Waals surface area contributed by atoms with Crippen molar-refractivity contribution >= 4 is 5.78 Å². The summed E-state index contributed by atoms with van der Waals surface area (Å²) in [4.78, 5) is 14.0. The summed E-state index contributed by atoms with van der Waals surface area (Å²) in [5.41, 5.74) is 0. The van der Waals surface area contributed by atoms with Crippen LogP contribution in [-0.4, -0.2) is 29.8 Å². The molecule has 0 spiro atoms. The zero-order valence-corrected chi connectivity index (χ0v) is 10.2. The minimum absolute atomic E-state index is 0.496. The van der Waals surface area contributed by atoms with Gasteiger partial charge in [-0.2, -0.15) is 0 Å². The monoisotopic (exact) mass is 221 g/mol. The number of hydrogen-bond donors (Lipinski definition) is 0. The number of carbonyl (C=O) groups is 1. The molecule has 0 radical (unpaired) electrons. The quantitative estimate of drug-likeness (QED) is 0.678. The van der Waals surface area contributed by atoms with E-state index in [1.807, 2.05) is 0 Å². The van der Waals surface area contributed by atoms with E-state index >= 15 is 0 Å². The van der Waals surface area contributed by atoms with Crippen molar-refractivity contribution in [1.82, 2.24) is 4.90 Å².